The molecular formula is C16H11FN2O2. The number of nitrogens with zero attached hydrogens (tertiary/aromatic N) is 1. The van der Waals surface area contributed by atoms with Gasteiger partial charge in [0.15, 0.2) is 0 Å². The Morgan fingerprint density at radius 2 is 2.00 bits per heavy atom. The van der Waals surface area contributed by atoms with E-state index in [4.69, 9.17) is 4.74 Å². The minimum absolute atomic E-state index is 0.0903. The average molecular weight is 282 g/mol. The van der Waals surface area contributed by atoms with Crippen molar-refractivity contribution in [1.29, 1.82) is 0 Å². The fraction of sp³-hybridized carbons (Fsp3) is 0.125. The van der Waals surface area contributed by atoms with Gasteiger partial charge in [0, 0.05) is 22.9 Å². The van der Waals surface area contributed by atoms with Crippen molar-refractivity contribution in [1.82, 2.24) is 10.3 Å². The van der Waals surface area contributed by atoms with Crippen molar-refractivity contribution in [2.24, 2.45) is 0 Å². The van der Waals surface area contributed by atoms with Crippen molar-refractivity contribution in [2.75, 3.05) is 6.61 Å². The van der Waals surface area contributed by atoms with E-state index in [0.29, 0.717) is 5.56 Å². The predicted molar refractivity (Wildman–Crippen MR) is 73.8 cm³/mol. The largest absolute Gasteiger partial charge is 0.447 e. The zero-order valence-electron chi connectivity index (χ0n) is 11.0. The Morgan fingerprint density at radius 1 is 1.24 bits per heavy atom. The normalized spacial score (nSPS) is 16.6. The van der Waals surface area contributed by atoms with Gasteiger partial charge < -0.3 is 10.1 Å². The lowest BCUT2D eigenvalue weighted by atomic mass is 10.1. The van der Waals surface area contributed by atoms with Crippen LogP contribution in [0, 0.1) is 17.8 Å². The maximum absolute atomic E-state index is 13.7. The van der Waals surface area contributed by atoms with Crippen LogP contribution < -0.4 is 5.32 Å². The Labute approximate surface area is 121 Å². The summed E-state index contributed by atoms with van der Waals surface area (Å²) in [4.78, 5) is 14.7. The molecule has 1 atom stereocenters. The zero-order valence-corrected chi connectivity index (χ0v) is 11.0. The third-order valence-corrected chi connectivity index (χ3v) is 3.04. The fourth-order valence-electron chi connectivity index (χ4n) is 2.00. The number of pyridine rings is 1. The van der Waals surface area contributed by atoms with Crippen molar-refractivity contribution < 1.29 is 13.9 Å². The summed E-state index contributed by atoms with van der Waals surface area (Å²) in [6.45, 7) is 0.0903. The van der Waals surface area contributed by atoms with Crippen LogP contribution in [-0.2, 0) is 4.74 Å². The molecule has 1 N–H and O–H groups in total. The first kappa shape index (κ1) is 13.1. The van der Waals surface area contributed by atoms with E-state index in [1.807, 2.05) is 30.3 Å². The van der Waals surface area contributed by atoms with E-state index in [-0.39, 0.29) is 12.2 Å². The number of cyclic esters (lactones) is 1. The van der Waals surface area contributed by atoms with E-state index >= 15 is 0 Å². The van der Waals surface area contributed by atoms with Crippen molar-refractivity contribution in [3.8, 4) is 11.8 Å². The highest BCUT2D eigenvalue weighted by atomic mass is 19.1. The van der Waals surface area contributed by atoms with E-state index in [2.05, 4.69) is 22.1 Å². The number of ether oxygens (including phenoxy) is 1. The molecule has 0 spiro atoms. The number of carbonyl (C=O) groups excluding carboxylic acids is 1. The Hall–Kier alpha value is -2.87. The van der Waals surface area contributed by atoms with Gasteiger partial charge in [0.2, 0.25) is 5.95 Å². The van der Waals surface area contributed by atoms with Gasteiger partial charge in [-0.25, -0.2) is 9.78 Å². The molecule has 1 fully saturated rings. The summed E-state index contributed by atoms with van der Waals surface area (Å²) < 4.78 is 18.5. The number of hydrogen-bond acceptors (Lipinski definition) is 3. The van der Waals surface area contributed by atoms with Gasteiger partial charge in [-0.1, -0.05) is 30.0 Å². The minimum atomic E-state index is -0.629. The smallest absolute Gasteiger partial charge is 0.407 e. The van der Waals surface area contributed by atoms with Crippen LogP contribution in [0.5, 0.6) is 0 Å². The molecule has 21 heavy (non-hydrogen) atoms. The summed E-state index contributed by atoms with van der Waals surface area (Å²) in [6, 6.07) is 10.5. The number of aromatic nitrogens is 1. The Morgan fingerprint density at radius 3 is 2.71 bits per heavy atom. The van der Waals surface area contributed by atoms with Gasteiger partial charge in [-0.2, -0.15) is 4.39 Å². The molecule has 0 radical (unpaired) electrons. The second-order valence-electron chi connectivity index (χ2n) is 4.52. The van der Waals surface area contributed by atoms with Crippen molar-refractivity contribution >= 4 is 6.09 Å². The first-order valence-corrected chi connectivity index (χ1v) is 6.38. The van der Waals surface area contributed by atoms with Crippen molar-refractivity contribution in [3.63, 3.8) is 0 Å². The maximum Gasteiger partial charge on any atom is 0.407 e. The Balaban J connectivity index is 1.88. The lowest BCUT2D eigenvalue weighted by Crippen LogP contribution is -2.19. The second-order valence-corrected chi connectivity index (χ2v) is 4.52. The number of halogens is 1. The topological polar surface area (TPSA) is 51.2 Å². The first-order chi connectivity index (χ1) is 10.2. The third kappa shape index (κ3) is 3.00. The second kappa shape index (κ2) is 5.63. The molecule has 5 heteroatoms. The van der Waals surface area contributed by atoms with Crippen molar-refractivity contribution in [3.05, 3.63) is 65.2 Å². The van der Waals surface area contributed by atoms with E-state index in [9.17, 15) is 9.18 Å². The van der Waals surface area contributed by atoms with Crippen LogP contribution in [0.25, 0.3) is 0 Å². The standard InChI is InChI=1S/C16H11FN2O2/c17-15-13(14-10-21-16(20)19-14)8-12(9-18-15)7-6-11-4-2-1-3-5-11/h1-5,8-9,14H,10H2,(H,19,20). The van der Waals surface area contributed by atoms with Crippen LogP contribution in [0.2, 0.25) is 0 Å². The van der Waals surface area contributed by atoms with Gasteiger partial charge in [0.05, 0.1) is 6.04 Å². The van der Waals surface area contributed by atoms with Gasteiger partial charge in [0.1, 0.15) is 6.61 Å². The number of amides is 1. The quantitative estimate of drug-likeness (QED) is 0.645. The highest BCUT2D eigenvalue weighted by molar-refractivity contribution is 5.70. The van der Waals surface area contributed by atoms with E-state index < -0.39 is 18.1 Å². The highest BCUT2D eigenvalue weighted by Crippen LogP contribution is 2.20. The van der Waals surface area contributed by atoms with E-state index in [0.717, 1.165) is 5.56 Å². The molecule has 0 bridgehead atoms. The summed E-state index contributed by atoms with van der Waals surface area (Å²) >= 11 is 0. The number of rotatable bonds is 1. The van der Waals surface area contributed by atoms with Crippen LogP contribution >= 0.6 is 0 Å². The summed E-state index contributed by atoms with van der Waals surface area (Å²) in [5.41, 5.74) is 1.72. The summed E-state index contributed by atoms with van der Waals surface area (Å²) in [6.07, 6.45) is 0.812. The third-order valence-electron chi connectivity index (χ3n) is 3.04. The maximum atomic E-state index is 13.7. The number of alkyl carbamates (subject to hydrolysis) is 1. The lowest BCUT2D eigenvalue weighted by Gasteiger charge is -2.08. The molecule has 2 heterocycles. The number of carbonyl (C=O) groups is 1. The first-order valence-electron chi connectivity index (χ1n) is 6.38. The van der Waals surface area contributed by atoms with Crippen molar-refractivity contribution in [2.45, 2.75) is 6.04 Å². The molecule has 1 aromatic heterocycles. The van der Waals surface area contributed by atoms with Gasteiger partial charge in [-0.3, -0.25) is 0 Å². The molecule has 1 saturated heterocycles. The molecular weight excluding hydrogens is 271 g/mol. The van der Waals surface area contributed by atoms with E-state index in [1.54, 1.807) is 6.07 Å². The highest BCUT2D eigenvalue weighted by Gasteiger charge is 2.26. The number of benzene rings is 1. The van der Waals surface area contributed by atoms with E-state index in [1.165, 1.54) is 6.20 Å². The molecule has 1 aromatic carbocycles. The summed E-state index contributed by atoms with van der Waals surface area (Å²) in [5.74, 6) is 5.28. The molecule has 2 aromatic rings. The molecule has 1 aliphatic heterocycles. The van der Waals surface area contributed by atoms with Crippen LogP contribution in [-0.4, -0.2) is 17.7 Å². The molecule has 0 saturated carbocycles. The Kier molecular flexibility index (Phi) is 3.52. The molecule has 104 valence electrons. The fourth-order valence-corrected chi connectivity index (χ4v) is 2.00. The molecule has 4 nitrogen and oxygen atoms in total. The van der Waals surface area contributed by atoms with Gasteiger partial charge in [-0.05, 0) is 18.2 Å². The lowest BCUT2D eigenvalue weighted by molar-refractivity contribution is 0.176. The van der Waals surface area contributed by atoms with Crippen LogP contribution in [0.15, 0.2) is 42.6 Å². The van der Waals surface area contributed by atoms with Gasteiger partial charge in [-0.15, -0.1) is 0 Å². The molecule has 1 amide bonds. The molecule has 1 aliphatic rings. The Bertz CT molecular complexity index is 735. The molecule has 0 aliphatic carbocycles. The van der Waals surface area contributed by atoms with Gasteiger partial charge >= 0.3 is 6.09 Å². The summed E-state index contributed by atoms with van der Waals surface area (Å²) in [5, 5.41) is 2.52. The van der Waals surface area contributed by atoms with Crippen LogP contribution in [0.4, 0.5) is 9.18 Å². The van der Waals surface area contributed by atoms with Crippen LogP contribution in [0.3, 0.4) is 0 Å². The number of nitrogens with one attached hydrogen (secondary N) is 1. The summed E-state index contributed by atoms with van der Waals surface area (Å²) in [7, 11) is 0. The minimum Gasteiger partial charge on any atom is -0.447 e. The van der Waals surface area contributed by atoms with Gasteiger partial charge in [0.25, 0.3) is 0 Å². The number of hydrogen-bond donors (Lipinski definition) is 1. The molecule has 1 unspecified atom stereocenters. The monoisotopic (exact) mass is 282 g/mol. The van der Waals surface area contributed by atoms with Crippen LogP contribution in [0.1, 0.15) is 22.7 Å². The molecule has 3 rings (SSSR count). The SMILES string of the molecule is O=C1NC(c2cc(C#Cc3ccccc3)cnc2F)CO1. The average Bonchev–Trinajstić information content (AvgIpc) is 2.94. The zero-order chi connectivity index (χ0) is 14.7. The predicted octanol–water partition coefficient (Wildman–Crippen LogP) is 2.40.